The minimum atomic E-state index is 0.310. The minimum absolute atomic E-state index is 0.310. The molecule has 0 aromatic heterocycles. The SMILES string of the molecule is CCNC(=NCc1ccc(CN2CC(C)OC(C)C2)cc1)NC1CC2CCC1O2. The summed E-state index contributed by atoms with van der Waals surface area (Å²) in [4.78, 5) is 7.29. The molecule has 6 nitrogen and oxygen atoms in total. The zero-order valence-electron chi connectivity index (χ0n) is 18.1. The molecule has 3 fully saturated rings. The average Bonchev–Trinajstić information content (AvgIpc) is 3.30. The molecular weight excluding hydrogens is 364 g/mol. The smallest absolute Gasteiger partial charge is 0.191 e. The summed E-state index contributed by atoms with van der Waals surface area (Å²) in [5.74, 6) is 0.897. The summed E-state index contributed by atoms with van der Waals surface area (Å²) in [5, 5.41) is 6.97. The van der Waals surface area contributed by atoms with Crippen LogP contribution >= 0.6 is 0 Å². The van der Waals surface area contributed by atoms with Gasteiger partial charge in [-0.2, -0.15) is 0 Å². The molecular formula is C23H36N4O2. The molecule has 3 aliphatic rings. The van der Waals surface area contributed by atoms with E-state index < -0.39 is 0 Å². The Hall–Kier alpha value is -1.63. The maximum absolute atomic E-state index is 5.96. The van der Waals surface area contributed by atoms with Crippen LogP contribution in [0, 0.1) is 0 Å². The molecule has 2 N–H and O–H groups in total. The molecule has 2 bridgehead atoms. The van der Waals surface area contributed by atoms with Crippen LogP contribution in [0.3, 0.4) is 0 Å². The van der Waals surface area contributed by atoms with Gasteiger partial charge in [-0.15, -0.1) is 0 Å². The topological polar surface area (TPSA) is 58.1 Å². The number of rotatable bonds is 6. The monoisotopic (exact) mass is 400 g/mol. The Morgan fingerprint density at radius 2 is 1.79 bits per heavy atom. The molecule has 4 rings (SSSR count). The first-order chi connectivity index (χ1) is 14.1. The summed E-state index contributed by atoms with van der Waals surface area (Å²) >= 11 is 0. The number of benzene rings is 1. The number of aliphatic imine (C=N–C) groups is 1. The van der Waals surface area contributed by atoms with Gasteiger partial charge in [-0.1, -0.05) is 24.3 Å². The fraction of sp³-hybridized carbons (Fsp3) is 0.696. The van der Waals surface area contributed by atoms with Crippen molar-refractivity contribution >= 4 is 5.96 Å². The van der Waals surface area contributed by atoms with Crippen LogP contribution in [0.15, 0.2) is 29.3 Å². The van der Waals surface area contributed by atoms with Crippen molar-refractivity contribution in [1.29, 1.82) is 0 Å². The van der Waals surface area contributed by atoms with E-state index in [1.807, 2.05) is 0 Å². The van der Waals surface area contributed by atoms with Gasteiger partial charge < -0.3 is 20.1 Å². The Bertz CT molecular complexity index is 683. The van der Waals surface area contributed by atoms with Gasteiger partial charge in [0.05, 0.1) is 37.0 Å². The van der Waals surface area contributed by atoms with Crippen LogP contribution in [0.25, 0.3) is 0 Å². The normalized spacial score (nSPS) is 32.5. The Morgan fingerprint density at radius 3 is 2.41 bits per heavy atom. The zero-order valence-corrected chi connectivity index (χ0v) is 18.1. The van der Waals surface area contributed by atoms with E-state index in [0.717, 1.165) is 38.6 Å². The summed E-state index contributed by atoms with van der Waals surface area (Å²) in [6.45, 7) is 10.9. The quantitative estimate of drug-likeness (QED) is 0.568. The third-order valence-electron chi connectivity index (χ3n) is 6.12. The molecule has 6 heteroatoms. The van der Waals surface area contributed by atoms with Crippen molar-refractivity contribution in [2.45, 2.75) is 83.6 Å². The largest absolute Gasteiger partial charge is 0.373 e. The standard InChI is InChI=1S/C23H36N4O2/c1-4-24-23(26-21-11-20-9-10-22(21)29-20)25-12-18-5-7-19(8-6-18)15-27-13-16(2)28-17(3)14-27/h5-8,16-17,20-22H,4,9-15H2,1-3H3,(H2,24,25,26). The average molecular weight is 401 g/mol. The number of nitrogens with one attached hydrogen (secondary N) is 2. The van der Waals surface area contributed by atoms with Crippen molar-refractivity contribution in [3.05, 3.63) is 35.4 Å². The lowest BCUT2D eigenvalue weighted by Crippen LogP contribution is -2.47. The first kappa shape index (κ1) is 20.6. The highest BCUT2D eigenvalue weighted by Crippen LogP contribution is 2.34. The molecule has 3 heterocycles. The van der Waals surface area contributed by atoms with Gasteiger partial charge in [0.2, 0.25) is 0 Å². The number of guanidine groups is 1. The van der Waals surface area contributed by atoms with Crippen molar-refractivity contribution in [1.82, 2.24) is 15.5 Å². The van der Waals surface area contributed by atoms with Gasteiger partial charge in [-0.25, -0.2) is 4.99 Å². The lowest BCUT2D eigenvalue weighted by atomic mass is 9.96. The van der Waals surface area contributed by atoms with Crippen LogP contribution in [0.4, 0.5) is 0 Å². The van der Waals surface area contributed by atoms with Crippen LogP contribution in [0.5, 0.6) is 0 Å². The van der Waals surface area contributed by atoms with Crippen LogP contribution in [0.1, 0.15) is 51.2 Å². The predicted octanol–water partition coefficient (Wildman–Crippen LogP) is 2.67. The van der Waals surface area contributed by atoms with Crippen molar-refractivity contribution in [2.24, 2.45) is 4.99 Å². The van der Waals surface area contributed by atoms with Crippen LogP contribution < -0.4 is 10.6 Å². The molecule has 0 radical (unpaired) electrons. The van der Waals surface area contributed by atoms with Gasteiger partial charge in [-0.3, -0.25) is 4.90 Å². The second-order valence-electron chi connectivity index (χ2n) is 8.82. The minimum Gasteiger partial charge on any atom is -0.373 e. The summed E-state index contributed by atoms with van der Waals surface area (Å²) in [6, 6.07) is 9.28. The number of ether oxygens (including phenoxy) is 2. The van der Waals surface area contributed by atoms with Crippen molar-refractivity contribution in [2.75, 3.05) is 19.6 Å². The third-order valence-corrected chi connectivity index (χ3v) is 6.12. The number of morpholine rings is 1. The Kier molecular flexibility index (Phi) is 6.73. The highest BCUT2D eigenvalue weighted by molar-refractivity contribution is 5.80. The number of hydrogen-bond donors (Lipinski definition) is 2. The van der Waals surface area contributed by atoms with Gasteiger partial charge in [-0.05, 0) is 51.2 Å². The molecule has 29 heavy (non-hydrogen) atoms. The Labute approximate surface area is 175 Å². The number of fused-ring (bicyclic) bond motifs is 2. The van der Waals surface area contributed by atoms with Gasteiger partial charge in [0.1, 0.15) is 0 Å². The van der Waals surface area contributed by atoms with Crippen molar-refractivity contribution < 1.29 is 9.47 Å². The summed E-state index contributed by atoms with van der Waals surface area (Å²) < 4.78 is 11.8. The van der Waals surface area contributed by atoms with E-state index in [0.29, 0.717) is 37.0 Å². The molecule has 0 amide bonds. The van der Waals surface area contributed by atoms with Crippen LogP contribution in [0.2, 0.25) is 0 Å². The van der Waals surface area contributed by atoms with Gasteiger partial charge in [0.15, 0.2) is 5.96 Å². The maximum Gasteiger partial charge on any atom is 0.191 e. The van der Waals surface area contributed by atoms with E-state index in [1.54, 1.807) is 0 Å². The highest BCUT2D eigenvalue weighted by atomic mass is 16.5. The van der Waals surface area contributed by atoms with Crippen LogP contribution in [-0.2, 0) is 22.6 Å². The predicted molar refractivity (Wildman–Crippen MR) is 116 cm³/mol. The second kappa shape index (κ2) is 9.45. The van der Waals surface area contributed by atoms with Crippen molar-refractivity contribution in [3.63, 3.8) is 0 Å². The summed E-state index contributed by atoms with van der Waals surface area (Å²) in [5.41, 5.74) is 2.59. The first-order valence-corrected chi connectivity index (χ1v) is 11.2. The third kappa shape index (κ3) is 5.50. The molecule has 1 aromatic carbocycles. The molecule has 5 unspecified atom stereocenters. The second-order valence-corrected chi connectivity index (χ2v) is 8.82. The highest BCUT2D eigenvalue weighted by Gasteiger charge is 2.41. The molecule has 0 aliphatic carbocycles. The molecule has 0 spiro atoms. The van der Waals surface area contributed by atoms with E-state index in [-0.39, 0.29) is 0 Å². The maximum atomic E-state index is 5.96. The zero-order chi connectivity index (χ0) is 20.2. The van der Waals surface area contributed by atoms with E-state index in [2.05, 4.69) is 60.6 Å². The lowest BCUT2D eigenvalue weighted by molar-refractivity contribution is -0.0704. The lowest BCUT2D eigenvalue weighted by Gasteiger charge is -2.35. The number of hydrogen-bond acceptors (Lipinski definition) is 4. The molecule has 1 aromatic rings. The molecule has 160 valence electrons. The van der Waals surface area contributed by atoms with Gasteiger partial charge in [0.25, 0.3) is 0 Å². The molecule has 3 aliphatic heterocycles. The van der Waals surface area contributed by atoms with Gasteiger partial charge in [0, 0.05) is 26.2 Å². The van der Waals surface area contributed by atoms with Crippen molar-refractivity contribution in [3.8, 4) is 0 Å². The Balaban J connectivity index is 1.30. The fourth-order valence-electron chi connectivity index (χ4n) is 4.88. The first-order valence-electron chi connectivity index (χ1n) is 11.2. The fourth-order valence-corrected chi connectivity index (χ4v) is 4.88. The van der Waals surface area contributed by atoms with Gasteiger partial charge >= 0.3 is 0 Å². The van der Waals surface area contributed by atoms with E-state index in [4.69, 9.17) is 14.5 Å². The molecule has 0 saturated carbocycles. The Morgan fingerprint density at radius 1 is 1.07 bits per heavy atom. The molecule has 3 saturated heterocycles. The number of nitrogens with zero attached hydrogens (tertiary/aromatic N) is 2. The van der Waals surface area contributed by atoms with E-state index in [9.17, 15) is 0 Å². The van der Waals surface area contributed by atoms with E-state index in [1.165, 1.54) is 24.0 Å². The van der Waals surface area contributed by atoms with E-state index >= 15 is 0 Å². The molecule has 5 atom stereocenters. The summed E-state index contributed by atoms with van der Waals surface area (Å²) in [7, 11) is 0. The van der Waals surface area contributed by atoms with Crippen LogP contribution in [-0.4, -0.2) is 61.0 Å². The summed E-state index contributed by atoms with van der Waals surface area (Å²) in [6.07, 6.45) is 4.91.